The van der Waals surface area contributed by atoms with E-state index < -0.39 is 22.7 Å². The minimum Gasteiger partial charge on any atom is -0.494 e. The Labute approximate surface area is 216 Å². The van der Waals surface area contributed by atoms with Crippen molar-refractivity contribution >= 4 is 34.4 Å². The minimum absolute atomic E-state index is 0.0109. The van der Waals surface area contributed by atoms with E-state index in [4.69, 9.17) is 4.74 Å². The Morgan fingerprint density at radius 1 is 0.730 bits per heavy atom. The summed E-state index contributed by atoms with van der Waals surface area (Å²) in [5.74, 6) is -1.41. The van der Waals surface area contributed by atoms with Crippen LogP contribution < -0.4 is 9.64 Å². The van der Waals surface area contributed by atoms with Crippen molar-refractivity contribution in [2.45, 2.75) is 27.2 Å². The Kier molecular flexibility index (Phi) is 5.23. The standard InChI is InChI=1S/C32H29NO4/c1-4-32-25(21-14-10-7-11-15-21)24(20-12-8-6-9-13-20)31(3,30(32)36)26-27(32)29(35)33(28(26)34)22-16-18-23(19-17-22)37-5-2/h6-19,26-27H,4-5H2,1-3H3. The number of imide groups is 1. The van der Waals surface area contributed by atoms with E-state index in [1.54, 1.807) is 24.3 Å². The van der Waals surface area contributed by atoms with Gasteiger partial charge in [-0.2, -0.15) is 0 Å². The molecule has 3 aromatic rings. The van der Waals surface area contributed by atoms with Crippen LogP contribution in [0.1, 0.15) is 38.3 Å². The van der Waals surface area contributed by atoms with Gasteiger partial charge in [0, 0.05) is 0 Å². The van der Waals surface area contributed by atoms with Crippen molar-refractivity contribution in [1.82, 2.24) is 0 Å². The molecule has 1 saturated carbocycles. The summed E-state index contributed by atoms with van der Waals surface area (Å²) in [5, 5.41) is 0. The average Bonchev–Trinajstić information content (AvgIpc) is 3.40. The van der Waals surface area contributed by atoms with E-state index in [2.05, 4.69) is 0 Å². The average molecular weight is 492 g/mol. The van der Waals surface area contributed by atoms with Gasteiger partial charge in [0.1, 0.15) is 5.75 Å². The van der Waals surface area contributed by atoms with E-state index in [0.29, 0.717) is 24.5 Å². The van der Waals surface area contributed by atoms with Crippen LogP contribution in [0.5, 0.6) is 5.75 Å². The lowest BCUT2D eigenvalue weighted by molar-refractivity contribution is -0.134. The fourth-order valence-electron chi connectivity index (χ4n) is 7.24. The van der Waals surface area contributed by atoms with Crippen LogP contribution in [-0.2, 0) is 14.4 Å². The molecule has 37 heavy (non-hydrogen) atoms. The largest absolute Gasteiger partial charge is 0.494 e. The van der Waals surface area contributed by atoms with Crippen molar-refractivity contribution in [3.63, 3.8) is 0 Å². The predicted molar refractivity (Wildman–Crippen MR) is 143 cm³/mol. The van der Waals surface area contributed by atoms with Crippen molar-refractivity contribution < 1.29 is 19.1 Å². The number of hydrogen-bond donors (Lipinski definition) is 0. The van der Waals surface area contributed by atoms with Crippen molar-refractivity contribution in [2.24, 2.45) is 22.7 Å². The number of carbonyl (C=O) groups is 3. The highest BCUT2D eigenvalue weighted by Gasteiger charge is 2.79. The predicted octanol–water partition coefficient (Wildman–Crippen LogP) is 5.80. The van der Waals surface area contributed by atoms with Gasteiger partial charge in [-0.1, -0.05) is 67.6 Å². The molecule has 2 amide bonds. The van der Waals surface area contributed by atoms with Crippen LogP contribution in [-0.4, -0.2) is 24.2 Å². The number of hydrogen-bond acceptors (Lipinski definition) is 4. The molecule has 2 bridgehead atoms. The number of fused-ring (bicyclic) bond motifs is 5. The van der Waals surface area contributed by atoms with E-state index in [1.165, 1.54) is 4.90 Å². The van der Waals surface area contributed by atoms with E-state index >= 15 is 0 Å². The summed E-state index contributed by atoms with van der Waals surface area (Å²) in [5.41, 5.74) is 1.95. The third kappa shape index (κ3) is 2.88. The molecular weight excluding hydrogens is 462 g/mol. The zero-order valence-electron chi connectivity index (χ0n) is 21.2. The van der Waals surface area contributed by atoms with Crippen molar-refractivity contribution in [3.8, 4) is 5.75 Å². The monoisotopic (exact) mass is 491 g/mol. The molecule has 5 nitrogen and oxygen atoms in total. The minimum atomic E-state index is -1.11. The maximum atomic E-state index is 14.5. The van der Waals surface area contributed by atoms with Crippen molar-refractivity contribution in [2.75, 3.05) is 11.5 Å². The van der Waals surface area contributed by atoms with Gasteiger partial charge >= 0.3 is 0 Å². The van der Waals surface area contributed by atoms with Gasteiger partial charge in [-0.15, -0.1) is 0 Å². The quantitative estimate of drug-likeness (QED) is 0.409. The number of allylic oxidation sites excluding steroid dienone is 2. The van der Waals surface area contributed by atoms with Crippen LogP contribution in [0, 0.1) is 22.7 Å². The number of ketones is 1. The van der Waals surface area contributed by atoms with Crippen molar-refractivity contribution in [1.29, 1.82) is 0 Å². The highest BCUT2D eigenvalue weighted by molar-refractivity contribution is 6.34. The highest BCUT2D eigenvalue weighted by Crippen LogP contribution is 2.74. The van der Waals surface area contributed by atoms with E-state index in [0.717, 1.165) is 22.3 Å². The Bertz CT molecular complexity index is 1440. The number of anilines is 1. The Balaban J connectivity index is 1.58. The fourth-order valence-corrected chi connectivity index (χ4v) is 7.24. The number of nitrogens with zero attached hydrogens (tertiary/aromatic N) is 1. The molecule has 0 spiro atoms. The van der Waals surface area contributed by atoms with Gasteiger partial charge in [0.05, 0.1) is 35.0 Å². The summed E-state index contributed by atoms with van der Waals surface area (Å²) in [6.07, 6.45) is 0.444. The summed E-state index contributed by atoms with van der Waals surface area (Å²) in [7, 11) is 0. The van der Waals surface area contributed by atoms with Gasteiger partial charge in [-0.3, -0.25) is 14.4 Å². The van der Waals surface area contributed by atoms with Gasteiger partial charge in [0.2, 0.25) is 11.8 Å². The lowest BCUT2D eigenvalue weighted by Crippen LogP contribution is -2.41. The van der Waals surface area contributed by atoms with Crippen molar-refractivity contribution in [3.05, 3.63) is 96.1 Å². The molecule has 4 unspecified atom stereocenters. The van der Waals surface area contributed by atoms with E-state index in [1.807, 2.05) is 81.4 Å². The second kappa shape index (κ2) is 8.27. The first kappa shape index (κ1) is 23.4. The van der Waals surface area contributed by atoms with Crippen LogP contribution in [0.25, 0.3) is 11.1 Å². The van der Waals surface area contributed by atoms with Gasteiger partial charge in [-0.05, 0) is 66.8 Å². The summed E-state index contributed by atoms with van der Waals surface area (Å²) in [4.78, 5) is 44.1. The molecule has 4 atom stereocenters. The van der Waals surface area contributed by atoms with Crippen LogP contribution in [0.2, 0.25) is 0 Å². The van der Waals surface area contributed by atoms with Crippen LogP contribution in [0.15, 0.2) is 84.9 Å². The zero-order valence-corrected chi connectivity index (χ0v) is 21.2. The number of amides is 2. The fraction of sp³-hybridized carbons (Fsp3) is 0.281. The van der Waals surface area contributed by atoms with E-state index in [9.17, 15) is 14.4 Å². The third-order valence-corrected chi connectivity index (χ3v) is 8.64. The molecule has 2 aliphatic carbocycles. The van der Waals surface area contributed by atoms with Gasteiger partial charge in [-0.25, -0.2) is 4.90 Å². The molecule has 3 aromatic carbocycles. The molecule has 0 aromatic heterocycles. The normalized spacial score (nSPS) is 28.3. The molecule has 186 valence electrons. The molecule has 5 heteroatoms. The van der Waals surface area contributed by atoms with Gasteiger partial charge in [0.25, 0.3) is 0 Å². The number of rotatable bonds is 6. The smallest absolute Gasteiger partial charge is 0.239 e. The molecule has 0 N–H and O–H groups in total. The SMILES string of the molecule is CCOc1ccc(N2C(=O)C3C(C2=O)C2(CC)C(=O)C3(C)C(c3ccccc3)=C2c2ccccc2)cc1. The van der Waals surface area contributed by atoms with Crippen LogP contribution in [0.4, 0.5) is 5.69 Å². The summed E-state index contributed by atoms with van der Waals surface area (Å²) < 4.78 is 5.55. The first-order valence-corrected chi connectivity index (χ1v) is 12.9. The Morgan fingerprint density at radius 3 is 1.81 bits per heavy atom. The topological polar surface area (TPSA) is 63.7 Å². The molecule has 6 rings (SSSR count). The first-order valence-electron chi connectivity index (χ1n) is 12.9. The molecule has 2 fully saturated rings. The second-order valence-electron chi connectivity index (χ2n) is 10.2. The van der Waals surface area contributed by atoms with Crippen LogP contribution >= 0.6 is 0 Å². The van der Waals surface area contributed by atoms with E-state index in [-0.39, 0.29) is 17.6 Å². The number of ether oxygens (including phenoxy) is 1. The maximum absolute atomic E-state index is 14.5. The molecule has 1 aliphatic heterocycles. The number of benzene rings is 3. The first-order chi connectivity index (χ1) is 17.9. The molecule has 1 heterocycles. The second-order valence-corrected chi connectivity index (χ2v) is 10.2. The van der Waals surface area contributed by atoms with Gasteiger partial charge in [0.15, 0.2) is 5.78 Å². The van der Waals surface area contributed by atoms with Crippen LogP contribution in [0.3, 0.4) is 0 Å². The molecule has 1 saturated heterocycles. The summed E-state index contributed by atoms with van der Waals surface area (Å²) >= 11 is 0. The lowest BCUT2D eigenvalue weighted by Gasteiger charge is -2.37. The lowest BCUT2D eigenvalue weighted by atomic mass is 9.62. The molecular formula is C32H29NO4. The maximum Gasteiger partial charge on any atom is 0.239 e. The Morgan fingerprint density at radius 2 is 1.27 bits per heavy atom. The molecule has 3 aliphatic rings. The molecule has 0 radical (unpaired) electrons. The zero-order chi connectivity index (χ0) is 25.9. The summed E-state index contributed by atoms with van der Waals surface area (Å²) in [6, 6.07) is 26.8. The Hall–Kier alpha value is -3.99. The third-order valence-electron chi connectivity index (χ3n) is 8.64. The number of carbonyl (C=O) groups excluding carboxylic acids is 3. The van der Waals surface area contributed by atoms with Gasteiger partial charge < -0.3 is 4.74 Å². The summed E-state index contributed by atoms with van der Waals surface area (Å²) in [6.45, 7) is 6.28. The number of Topliss-reactive ketones (excluding diaryl/α,β-unsaturated/α-hetero) is 1. The highest BCUT2D eigenvalue weighted by atomic mass is 16.5.